The first kappa shape index (κ1) is 19.2. The van der Waals surface area contributed by atoms with E-state index in [9.17, 15) is 14.0 Å². The molecule has 2 aliphatic rings. The number of carbonyl (C=O) groups excluding carboxylic acids is 2. The summed E-state index contributed by atoms with van der Waals surface area (Å²) < 4.78 is 20.7. The van der Waals surface area contributed by atoms with Gasteiger partial charge in [0.1, 0.15) is 11.4 Å². The molecule has 1 N–H and O–H groups in total. The van der Waals surface area contributed by atoms with Gasteiger partial charge in [-0.15, -0.1) is 0 Å². The molecule has 5 rings (SSSR count). The van der Waals surface area contributed by atoms with E-state index in [0.717, 1.165) is 10.6 Å². The largest absolute Gasteiger partial charge is 0.330 e. The number of anilines is 2. The average molecular weight is 425 g/mol. The third kappa shape index (κ3) is 3.04. The molecule has 2 aliphatic heterocycles. The second-order valence-corrected chi connectivity index (χ2v) is 8.13. The molecular formula is C20H20FN7O3. The zero-order chi connectivity index (χ0) is 21.9. The van der Waals surface area contributed by atoms with Crippen molar-refractivity contribution >= 4 is 23.8 Å². The number of hydrogen-bond donors (Lipinski definition) is 1. The minimum atomic E-state index is -0.976. The fourth-order valence-electron chi connectivity index (χ4n) is 3.89. The monoisotopic (exact) mass is 425 g/mol. The second kappa shape index (κ2) is 6.62. The van der Waals surface area contributed by atoms with Gasteiger partial charge in [-0.2, -0.15) is 10.1 Å². The first-order valence-electron chi connectivity index (χ1n) is 9.85. The van der Waals surface area contributed by atoms with Gasteiger partial charge in [0.05, 0.1) is 18.3 Å². The number of nitrogens with zero attached hydrogens (tertiary/aromatic N) is 6. The van der Waals surface area contributed by atoms with Crippen LogP contribution in [-0.2, 0) is 11.3 Å². The Morgan fingerprint density at radius 2 is 2.03 bits per heavy atom. The van der Waals surface area contributed by atoms with Crippen LogP contribution in [0.25, 0.3) is 11.4 Å². The second-order valence-electron chi connectivity index (χ2n) is 8.13. The number of nitrogens with one attached hydrogen (secondary N) is 1. The molecular weight excluding hydrogens is 405 g/mol. The van der Waals surface area contributed by atoms with Crippen LogP contribution in [0.2, 0.25) is 0 Å². The predicted octanol–water partition coefficient (Wildman–Crippen LogP) is 2.49. The highest BCUT2D eigenvalue weighted by Crippen LogP contribution is 2.34. The van der Waals surface area contributed by atoms with Gasteiger partial charge in [-0.1, -0.05) is 17.3 Å². The van der Waals surface area contributed by atoms with Crippen molar-refractivity contribution in [2.24, 2.45) is 0 Å². The Hall–Kier alpha value is -3.76. The Balaban J connectivity index is 1.42. The van der Waals surface area contributed by atoms with Crippen LogP contribution < -0.4 is 15.1 Å². The number of rotatable bonds is 3. The van der Waals surface area contributed by atoms with Crippen LogP contribution in [0.5, 0.6) is 0 Å². The lowest BCUT2D eigenvalue weighted by molar-refractivity contribution is -0.121. The molecule has 31 heavy (non-hydrogen) atoms. The van der Waals surface area contributed by atoms with Crippen molar-refractivity contribution in [3.63, 3.8) is 0 Å². The Bertz CT molecular complexity index is 1200. The van der Waals surface area contributed by atoms with Crippen LogP contribution in [0.4, 0.5) is 21.0 Å². The zero-order valence-electron chi connectivity index (χ0n) is 17.2. The number of amides is 3. The van der Waals surface area contributed by atoms with Crippen molar-refractivity contribution in [2.45, 2.75) is 38.9 Å². The molecule has 11 heteroatoms. The van der Waals surface area contributed by atoms with Crippen LogP contribution in [0, 0.1) is 5.82 Å². The number of hydrogen-bond acceptors (Lipinski definition) is 7. The van der Waals surface area contributed by atoms with E-state index in [1.165, 1.54) is 12.1 Å². The molecule has 0 radical (unpaired) electrons. The lowest BCUT2D eigenvalue weighted by atomic mass is 10.1. The molecule has 3 amide bonds. The minimum Gasteiger partial charge on any atom is -0.323 e. The third-order valence-corrected chi connectivity index (χ3v) is 5.58. The highest BCUT2D eigenvalue weighted by Gasteiger charge is 2.46. The normalized spacial score (nSPS) is 20.2. The smallest absolute Gasteiger partial charge is 0.323 e. The summed E-state index contributed by atoms with van der Waals surface area (Å²) in [6.45, 7) is 6.28. The molecule has 160 valence electrons. The molecule has 1 saturated heterocycles. The van der Waals surface area contributed by atoms with Gasteiger partial charge in [0.2, 0.25) is 5.82 Å². The number of aromatic nitrogens is 4. The summed E-state index contributed by atoms with van der Waals surface area (Å²) in [6.07, 6.45) is 0. The molecule has 0 saturated carbocycles. The average Bonchev–Trinajstić information content (AvgIpc) is 3.40. The van der Waals surface area contributed by atoms with E-state index >= 15 is 0 Å². The quantitative estimate of drug-likeness (QED) is 0.642. The van der Waals surface area contributed by atoms with Crippen LogP contribution in [0.15, 0.2) is 34.9 Å². The topological polar surface area (TPSA) is 109 Å². The van der Waals surface area contributed by atoms with Crippen molar-refractivity contribution in [1.29, 1.82) is 0 Å². The van der Waals surface area contributed by atoms with Gasteiger partial charge in [0, 0.05) is 18.2 Å². The maximum Gasteiger partial charge on any atom is 0.330 e. The Labute approximate surface area is 176 Å². The lowest BCUT2D eigenvalue weighted by Crippen LogP contribution is -2.40. The van der Waals surface area contributed by atoms with E-state index in [1.54, 1.807) is 36.7 Å². The SMILES string of the molecule is CC1c2cc(N3C(=O)NC(C)(C)C3=O)nn2CCN1c1nc(-c2cccc(F)c2)no1. The number of fused-ring (bicyclic) bond motifs is 1. The molecule has 0 bridgehead atoms. The molecule has 1 fully saturated rings. The van der Waals surface area contributed by atoms with E-state index in [1.807, 2.05) is 11.8 Å². The minimum absolute atomic E-state index is 0.204. The Morgan fingerprint density at radius 1 is 1.23 bits per heavy atom. The van der Waals surface area contributed by atoms with E-state index < -0.39 is 11.6 Å². The number of imide groups is 1. The fourth-order valence-corrected chi connectivity index (χ4v) is 3.89. The molecule has 1 unspecified atom stereocenters. The first-order chi connectivity index (χ1) is 14.7. The zero-order valence-corrected chi connectivity index (χ0v) is 17.2. The molecule has 0 aliphatic carbocycles. The summed E-state index contributed by atoms with van der Waals surface area (Å²) in [5, 5.41) is 11.1. The van der Waals surface area contributed by atoms with Gasteiger partial charge in [0.25, 0.3) is 5.91 Å². The number of urea groups is 1. The van der Waals surface area contributed by atoms with Crippen molar-refractivity contribution in [2.75, 3.05) is 16.3 Å². The molecule has 2 aromatic heterocycles. The summed E-state index contributed by atoms with van der Waals surface area (Å²) >= 11 is 0. The standard InChI is InChI=1S/C20H20FN7O3/c1-11-14-10-15(28-17(29)20(2,3)23-18(28)30)24-27(14)8-7-26(11)19-22-16(25-31-19)12-5-4-6-13(21)9-12/h4-6,9-11H,7-8H2,1-3H3,(H,23,30). The van der Waals surface area contributed by atoms with Gasteiger partial charge in [-0.05, 0) is 32.9 Å². The molecule has 1 atom stereocenters. The van der Waals surface area contributed by atoms with Crippen molar-refractivity contribution in [1.82, 2.24) is 25.2 Å². The number of halogens is 1. The van der Waals surface area contributed by atoms with Crippen molar-refractivity contribution < 1.29 is 18.5 Å². The molecule has 3 aromatic rings. The van der Waals surface area contributed by atoms with Gasteiger partial charge in [-0.25, -0.2) is 14.1 Å². The molecule has 4 heterocycles. The van der Waals surface area contributed by atoms with Crippen molar-refractivity contribution in [3.05, 3.63) is 41.8 Å². The van der Waals surface area contributed by atoms with E-state index in [2.05, 4.69) is 20.6 Å². The van der Waals surface area contributed by atoms with Gasteiger partial charge >= 0.3 is 12.0 Å². The lowest BCUT2D eigenvalue weighted by Gasteiger charge is -2.32. The van der Waals surface area contributed by atoms with Gasteiger partial charge in [-0.3, -0.25) is 9.48 Å². The maximum atomic E-state index is 13.5. The molecule has 1 aromatic carbocycles. The third-order valence-electron chi connectivity index (χ3n) is 5.58. The fraction of sp³-hybridized carbons (Fsp3) is 0.350. The number of carbonyl (C=O) groups is 2. The summed E-state index contributed by atoms with van der Waals surface area (Å²) in [4.78, 5) is 32.3. The maximum absolute atomic E-state index is 13.5. The van der Waals surface area contributed by atoms with Crippen molar-refractivity contribution in [3.8, 4) is 11.4 Å². The molecule has 10 nitrogen and oxygen atoms in total. The Morgan fingerprint density at radius 3 is 2.74 bits per heavy atom. The van der Waals surface area contributed by atoms with E-state index in [4.69, 9.17) is 4.52 Å². The van der Waals surface area contributed by atoms with Crippen LogP contribution in [0.3, 0.4) is 0 Å². The predicted molar refractivity (Wildman–Crippen MR) is 108 cm³/mol. The summed E-state index contributed by atoms with van der Waals surface area (Å²) in [5.74, 6) is -0.157. The Kier molecular flexibility index (Phi) is 4.11. The van der Waals surface area contributed by atoms with Crippen LogP contribution in [0.1, 0.15) is 32.5 Å². The van der Waals surface area contributed by atoms with E-state index in [-0.39, 0.29) is 23.6 Å². The van der Waals surface area contributed by atoms with Crippen LogP contribution >= 0.6 is 0 Å². The van der Waals surface area contributed by atoms with E-state index in [0.29, 0.717) is 30.5 Å². The number of benzene rings is 1. The highest BCUT2D eigenvalue weighted by atomic mass is 19.1. The summed E-state index contributed by atoms with van der Waals surface area (Å²) in [5.41, 5.74) is 0.348. The first-order valence-corrected chi connectivity index (χ1v) is 9.85. The van der Waals surface area contributed by atoms with Crippen LogP contribution in [-0.4, -0.2) is 43.9 Å². The molecule has 0 spiro atoms. The summed E-state index contributed by atoms with van der Waals surface area (Å²) in [7, 11) is 0. The summed E-state index contributed by atoms with van der Waals surface area (Å²) in [6, 6.07) is 7.31. The van der Waals surface area contributed by atoms with Gasteiger partial charge in [0.15, 0.2) is 5.82 Å². The highest BCUT2D eigenvalue weighted by molar-refractivity contribution is 6.22. The van der Waals surface area contributed by atoms with Gasteiger partial charge < -0.3 is 14.7 Å².